The number of rotatable bonds is 10. The van der Waals surface area contributed by atoms with Gasteiger partial charge in [0.05, 0.1) is 36.9 Å². The van der Waals surface area contributed by atoms with Gasteiger partial charge in [0, 0.05) is 25.8 Å². The molecule has 0 aliphatic carbocycles. The highest BCUT2D eigenvalue weighted by molar-refractivity contribution is 5.90. The van der Waals surface area contributed by atoms with Crippen molar-refractivity contribution in [1.82, 2.24) is 25.0 Å². The van der Waals surface area contributed by atoms with E-state index in [1.807, 2.05) is 19.9 Å². The number of hydrogen-bond donors (Lipinski definition) is 1. The minimum atomic E-state index is -0.204. The number of amides is 1. The van der Waals surface area contributed by atoms with Gasteiger partial charge in [0.15, 0.2) is 11.5 Å². The van der Waals surface area contributed by atoms with Gasteiger partial charge in [-0.05, 0) is 48.1 Å². The fourth-order valence-corrected chi connectivity index (χ4v) is 3.88. The second-order valence-electron chi connectivity index (χ2n) is 11.5. The fraction of sp³-hybridized carbons (Fsp3) is 0.469. The maximum atomic E-state index is 12.4. The maximum absolute atomic E-state index is 12.4. The van der Waals surface area contributed by atoms with Crippen molar-refractivity contribution in [3.05, 3.63) is 54.6 Å². The summed E-state index contributed by atoms with van der Waals surface area (Å²) >= 11 is 0. The third kappa shape index (κ3) is 8.87. The van der Waals surface area contributed by atoms with Gasteiger partial charge in [0.2, 0.25) is 11.8 Å². The predicted molar refractivity (Wildman–Crippen MR) is 167 cm³/mol. The highest BCUT2D eigenvalue weighted by Gasteiger charge is 2.21. The lowest BCUT2D eigenvalue weighted by molar-refractivity contribution is -0.116. The van der Waals surface area contributed by atoms with Crippen molar-refractivity contribution in [2.45, 2.75) is 66.5 Å². The minimum absolute atomic E-state index is 0. The third-order valence-electron chi connectivity index (χ3n) is 7.21. The number of carbonyl (C=O) groups excluding carboxylic acids is 1. The van der Waals surface area contributed by atoms with Crippen LogP contribution in [0.25, 0.3) is 10.9 Å². The van der Waals surface area contributed by atoms with Gasteiger partial charge in [-0.1, -0.05) is 46.8 Å². The second kappa shape index (κ2) is 14.8. The summed E-state index contributed by atoms with van der Waals surface area (Å²) in [6.07, 6.45) is 4.03. The van der Waals surface area contributed by atoms with Crippen LogP contribution in [-0.4, -0.2) is 57.3 Å². The average molecular weight is 593 g/mol. The van der Waals surface area contributed by atoms with E-state index in [1.165, 1.54) is 11.0 Å². The Kier molecular flexibility index (Phi) is 10.9. The first-order valence-corrected chi connectivity index (χ1v) is 14.7. The van der Waals surface area contributed by atoms with E-state index in [2.05, 4.69) is 53.3 Å². The molecule has 1 atom stereocenters. The number of anilines is 1. The summed E-state index contributed by atoms with van der Waals surface area (Å²) in [7, 11) is 1.59. The van der Waals surface area contributed by atoms with Gasteiger partial charge in [-0.15, -0.1) is 5.10 Å². The zero-order valence-electron chi connectivity index (χ0n) is 26.0. The molecule has 11 nitrogen and oxygen atoms in total. The smallest absolute Gasteiger partial charge is 0.246 e. The molecule has 1 saturated heterocycles. The molecule has 1 aliphatic rings. The summed E-state index contributed by atoms with van der Waals surface area (Å²) in [6, 6.07) is 10.6. The number of hydrogen-bond acceptors (Lipinski definition) is 9. The van der Waals surface area contributed by atoms with Gasteiger partial charge >= 0.3 is 0 Å². The van der Waals surface area contributed by atoms with Gasteiger partial charge in [-0.3, -0.25) is 4.79 Å². The van der Waals surface area contributed by atoms with Crippen molar-refractivity contribution >= 4 is 22.5 Å². The molecule has 0 bridgehead atoms. The van der Waals surface area contributed by atoms with E-state index in [4.69, 9.17) is 18.9 Å². The van der Waals surface area contributed by atoms with Crippen LogP contribution in [0.2, 0.25) is 0 Å². The topological polar surface area (TPSA) is 123 Å². The van der Waals surface area contributed by atoms with Crippen LogP contribution in [0.1, 0.15) is 61.0 Å². The molecule has 0 saturated carbocycles. The first-order valence-electron chi connectivity index (χ1n) is 14.7. The van der Waals surface area contributed by atoms with Gasteiger partial charge in [0.1, 0.15) is 24.7 Å². The fourth-order valence-electron chi connectivity index (χ4n) is 3.88. The molecule has 4 aromatic rings. The van der Waals surface area contributed by atoms with Crippen LogP contribution >= 0.6 is 0 Å². The van der Waals surface area contributed by atoms with Gasteiger partial charge in [-0.25, -0.2) is 14.6 Å². The maximum Gasteiger partial charge on any atom is 0.246 e. The van der Waals surface area contributed by atoms with E-state index in [0.717, 1.165) is 24.0 Å². The molecule has 2 aromatic heterocycles. The summed E-state index contributed by atoms with van der Waals surface area (Å²) in [5.41, 5.74) is 2.14. The summed E-state index contributed by atoms with van der Waals surface area (Å²) in [6.45, 7) is 14.3. The van der Waals surface area contributed by atoms with Crippen LogP contribution in [-0.2, 0) is 16.1 Å². The molecular weight excluding hydrogens is 548 g/mol. The Bertz CT molecular complexity index is 1480. The number of nitrogens with zero attached hydrogens (tertiary/aromatic N) is 5. The standard InChI is InChI=1S/C26H28N6O5.C6H14.H2/c1-16(2)22-12-32(31-30-22)13-25(33)29-17-4-6-18(7-5-17)37-26-20-10-23(34-3)24(11-21(20)27-15-28-26)36-19-8-9-35-14-19;1-5(2)6(3)4;/h4-7,10-12,15-16,19H,8-9,13-14H2,1-3H3,(H,29,33);5-6H,1-4H3;1H/t19-;;/m0../s1. The molecule has 2 aromatic carbocycles. The number of ether oxygens (including phenoxy) is 4. The van der Waals surface area contributed by atoms with Crippen molar-refractivity contribution in [2.75, 3.05) is 25.6 Å². The zero-order chi connectivity index (χ0) is 30.9. The van der Waals surface area contributed by atoms with E-state index in [1.54, 1.807) is 43.6 Å². The van der Waals surface area contributed by atoms with Gasteiger partial charge in [-0.2, -0.15) is 0 Å². The lowest BCUT2D eigenvalue weighted by Crippen LogP contribution is -2.19. The van der Waals surface area contributed by atoms with Gasteiger partial charge < -0.3 is 24.3 Å². The van der Waals surface area contributed by atoms with E-state index >= 15 is 0 Å². The highest BCUT2D eigenvalue weighted by atomic mass is 16.6. The molecular formula is C32H44N6O5. The molecule has 1 fully saturated rings. The molecule has 1 amide bonds. The predicted octanol–water partition coefficient (Wildman–Crippen LogP) is 6.50. The van der Waals surface area contributed by atoms with Crippen LogP contribution in [0.15, 0.2) is 48.9 Å². The molecule has 0 unspecified atom stereocenters. The molecule has 0 spiro atoms. The van der Waals surface area contributed by atoms with Crippen LogP contribution in [0, 0.1) is 11.8 Å². The summed E-state index contributed by atoms with van der Waals surface area (Å²) in [5, 5.41) is 11.6. The molecule has 11 heteroatoms. The zero-order valence-corrected chi connectivity index (χ0v) is 26.0. The van der Waals surface area contributed by atoms with Crippen LogP contribution in [0.4, 0.5) is 5.69 Å². The largest absolute Gasteiger partial charge is 0.493 e. The first-order chi connectivity index (χ1) is 20.6. The highest BCUT2D eigenvalue weighted by Crippen LogP contribution is 2.37. The van der Waals surface area contributed by atoms with Crippen molar-refractivity contribution < 1.29 is 25.2 Å². The Morgan fingerprint density at radius 3 is 2.42 bits per heavy atom. The molecule has 3 heterocycles. The van der Waals surface area contributed by atoms with Gasteiger partial charge in [0.25, 0.3) is 0 Å². The summed E-state index contributed by atoms with van der Waals surface area (Å²) < 4.78 is 24.6. The molecule has 1 N–H and O–H groups in total. The Morgan fingerprint density at radius 1 is 1.07 bits per heavy atom. The number of aromatic nitrogens is 5. The number of nitrogens with one attached hydrogen (secondary N) is 1. The Hall–Kier alpha value is -4.25. The summed E-state index contributed by atoms with van der Waals surface area (Å²) in [4.78, 5) is 21.1. The molecule has 0 radical (unpaired) electrons. The van der Waals surface area contributed by atoms with E-state index in [0.29, 0.717) is 52.9 Å². The normalized spacial score (nSPS) is 14.6. The van der Waals surface area contributed by atoms with E-state index < -0.39 is 0 Å². The minimum Gasteiger partial charge on any atom is -0.493 e. The lowest BCUT2D eigenvalue weighted by atomic mass is 10.0. The number of fused-ring (bicyclic) bond motifs is 1. The number of benzene rings is 2. The quantitative estimate of drug-likeness (QED) is 0.220. The summed E-state index contributed by atoms with van der Waals surface area (Å²) in [5.74, 6) is 3.84. The third-order valence-corrected chi connectivity index (χ3v) is 7.21. The van der Waals surface area contributed by atoms with Crippen LogP contribution in [0.5, 0.6) is 23.1 Å². The van der Waals surface area contributed by atoms with E-state index in [9.17, 15) is 4.79 Å². The Balaban J connectivity index is 0.000000689. The van der Waals surface area contributed by atoms with Crippen molar-refractivity contribution in [1.29, 1.82) is 0 Å². The SMILES string of the molecule is CC(C)C(C)C.COc1cc2c(Oc3ccc(NC(=O)Cn4cc(C(C)C)nn4)cc3)ncnc2cc1O[C@H]1CCOC1.[HH]. The van der Waals surface area contributed by atoms with Crippen molar-refractivity contribution in [3.8, 4) is 23.1 Å². The molecule has 5 rings (SSSR count). The first kappa shape index (κ1) is 31.7. The van der Waals surface area contributed by atoms with Crippen LogP contribution < -0.4 is 19.5 Å². The van der Waals surface area contributed by atoms with Crippen molar-refractivity contribution in [3.63, 3.8) is 0 Å². The Morgan fingerprint density at radius 2 is 1.81 bits per heavy atom. The van der Waals surface area contributed by atoms with Crippen molar-refractivity contribution in [2.24, 2.45) is 11.8 Å². The lowest BCUT2D eigenvalue weighted by Gasteiger charge is -2.16. The number of carbonyl (C=O) groups is 1. The Labute approximate surface area is 254 Å². The second-order valence-corrected chi connectivity index (χ2v) is 11.5. The van der Waals surface area contributed by atoms with Crippen LogP contribution in [0.3, 0.4) is 0 Å². The molecule has 43 heavy (non-hydrogen) atoms. The average Bonchev–Trinajstić information content (AvgIpc) is 3.67. The molecule has 1 aliphatic heterocycles. The monoisotopic (exact) mass is 592 g/mol. The van der Waals surface area contributed by atoms with E-state index in [-0.39, 0.29) is 25.9 Å². The molecule has 232 valence electrons. The number of methoxy groups -OCH3 is 1.